The van der Waals surface area contributed by atoms with Gasteiger partial charge in [0.25, 0.3) is 0 Å². The second kappa shape index (κ2) is 5.60. The zero-order chi connectivity index (χ0) is 14.8. The summed E-state index contributed by atoms with van der Waals surface area (Å²) in [7, 11) is 0. The lowest BCUT2D eigenvalue weighted by Crippen LogP contribution is -2.23. The van der Waals surface area contributed by atoms with Gasteiger partial charge in [0.15, 0.2) is 5.69 Å². The smallest absolute Gasteiger partial charge is 0.358 e. The minimum Gasteiger partial charge on any atom is -0.461 e. The fourth-order valence-electron chi connectivity index (χ4n) is 2.64. The monoisotopic (exact) mass is 285 g/mol. The fourth-order valence-corrected chi connectivity index (χ4v) is 2.64. The predicted molar refractivity (Wildman–Crippen MR) is 80.6 cm³/mol. The molecular weight excluding hydrogens is 266 g/mol. The number of hydrogen-bond donors (Lipinski definition) is 1. The molecule has 0 amide bonds. The van der Waals surface area contributed by atoms with E-state index in [1.54, 1.807) is 13.1 Å². The first kappa shape index (κ1) is 13.7. The van der Waals surface area contributed by atoms with Crippen LogP contribution < -0.4 is 5.32 Å². The molecular formula is C16H19N3O2. The highest BCUT2D eigenvalue weighted by Crippen LogP contribution is 2.30. The van der Waals surface area contributed by atoms with Crippen molar-refractivity contribution >= 4 is 11.9 Å². The quantitative estimate of drug-likeness (QED) is 0.881. The first-order valence-corrected chi connectivity index (χ1v) is 7.25. The van der Waals surface area contributed by atoms with Crippen molar-refractivity contribution in [2.75, 3.05) is 18.5 Å². The normalized spacial score (nSPS) is 17.0. The predicted octanol–water partition coefficient (Wildman–Crippen LogP) is 2.77. The number of nitrogens with one attached hydrogen (secondary N) is 1. The highest BCUT2D eigenvalue weighted by atomic mass is 16.5. The van der Waals surface area contributed by atoms with Crippen LogP contribution in [0.2, 0.25) is 0 Å². The van der Waals surface area contributed by atoms with Gasteiger partial charge in [0.05, 0.1) is 12.6 Å². The average molecular weight is 285 g/mol. The molecule has 2 heterocycles. The second-order valence-electron chi connectivity index (χ2n) is 5.22. The summed E-state index contributed by atoms with van der Waals surface area (Å²) in [6, 6.07) is 8.70. The molecule has 1 N–H and O–H groups in total. The van der Waals surface area contributed by atoms with Gasteiger partial charge < -0.3 is 14.6 Å². The summed E-state index contributed by atoms with van der Waals surface area (Å²) < 4.78 is 7.05. The van der Waals surface area contributed by atoms with Gasteiger partial charge >= 0.3 is 5.97 Å². The Hall–Kier alpha value is -2.30. The van der Waals surface area contributed by atoms with Crippen LogP contribution in [-0.4, -0.2) is 28.7 Å². The Morgan fingerprint density at radius 3 is 2.90 bits per heavy atom. The summed E-state index contributed by atoms with van der Waals surface area (Å²) in [5.74, 6) is 0.360. The molecule has 0 bridgehead atoms. The van der Waals surface area contributed by atoms with Gasteiger partial charge in [-0.05, 0) is 25.8 Å². The molecule has 110 valence electrons. The molecule has 1 aliphatic heterocycles. The number of aromatic nitrogens is 2. The third-order valence-corrected chi connectivity index (χ3v) is 3.72. The van der Waals surface area contributed by atoms with Gasteiger partial charge in [0.2, 0.25) is 5.95 Å². The molecule has 0 saturated carbocycles. The van der Waals surface area contributed by atoms with E-state index in [4.69, 9.17) is 4.74 Å². The van der Waals surface area contributed by atoms with E-state index in [-0.39, 0.29) is 12.0 Å². The van der Waals surface area contributed by atoms with E-state index in [2.05, 4.69) is 41.5 Å². The zero-order valence-electron chi connectivity index (χ0n) is 12.3. The second-order valence-corrected chi connectivity index (χ2v) is 5.22. The third-order valence-electron chi connectivity index (χ3n) is 3.72. The van der Waals surface area contributed by atoms with Crippen LogP contribution in [-0.2, 0) is 4.74 Å². The van der Waals surface area contributed by atoms with Crippen molar-refractivity contribution in [2.45, 2.75) is 26.3 Å². The molecule has 21 heavy (non-hydrogen) atoms. The van der Waals surface area contributed by atoms with Gasteiger partial charge in [-0.1, -0.05) is 29.8 Å². The van der Waals surface area contributed by atoms with E-state index in [1.807, 2.05) is 4.57 Å². The summed E-state index contributed by atoms with van der Waals surface area (Å²) >= 11 is 0. The Kier molecular flexibility index (Phi) is 3.64. The lowest BCUT2D eigenvalue weighted by molar-refractivity contribution is 0.0520. The van der Waals surface area contributed by atoms with Crippen LogP contribution in [0.25, 0.3) is 0 Å². The Bertz CT molecular complexity index is 646. The lowest BCUT2D eigenvalue weighted by atomic mass is 10.0. The van der Waals surface area contributed by atoms with Crippen LogP contribution >= 0.6 is 0 Å². The Labute approximate surface area is 124 Å². The number of esters is 1. The Balaban J connectivity index is 1.94. The van der Waals surface area contributed by atoms with Crippen LogP contribution in [0.3, 0.4) is 0 Å². The van der Waals surface area contributed by atoms with Crippen LogP contribution in [0, 0.1) is 6.92 Å². The number of imidazole rings is 1. The number of fused-ring (bicyclic) bond motifs is 1. The summed E-state index contributed by atoms with van der Waals surface area (Å²) in [4.78, 5) is 16.2. The first-order valence-electron chi connectivity index (χ1n) is 7.25. The fraction of sp³-hybridized carbons (Fsp3) is 0.375. The van der Waals surface area contributed by atoms with E-state index in [9.17, 15) is 4.79 Å². The Morgan fingerprint density at radius 2 is 2.19 bits per heavy atom. The number of benzene rings is 1. The largest absolute Gasteiger partial charge is 0.461 e. The molecule has 0 fully saturated rings. The molecule has 0 radical (unpaired) electrons. The zero-order valence-corrected chi connectivity index (χ0v) is 12.3. The Morgan fingerprint density at radius 1 is 1.43 bits per heavy atom. The molecule has 0 aliphatic carbocycles. The molecule has 1 aliphatic rings. The van der Waals surface area contributed by atoms with Crippen molar-refractivity contribution in [2.24, 2.45) is 0 Å². The molecule has 0 saturated heterocycles. The highest BCUT2D eigenvalue weighted by Gasteiger charge is 2.25. The number of anilines is 1. The number of nitrogens with zero attached hydrogens (tertiary/aromatic N) is 2. The van der Waals surface area contributed by atoms with Crippen molar-refractivity contribution in [1.29, 1.82) is 0 Å². The van der Waals surface area contributed by atoms with E-state index >= 15 is 0 Å². The van der Waals surface area contributed by atoms with Crippen LogP contribution in [0.15, 0.2) is 30.5 Å². The van der Waals surface area contributed by atoms with Gasteiger partial charge in [-0.15, -0.1) is 0 Å². The van der Waals surface area contributed by atoms with E-state index in [0.29, 0.717) is 12.3 Å². The van der Waals surface area contributed by atoms with Crippen molar-refractivity contribution in [3.05, 3.63) is 47.3 Å². The number of aryl methyl sites for hydroxylation is 1. The molecule has 1 aromatic carbocycles. The maximum absolute atomic E-state index is 11.8. The highest BCUT2D eigenvalue weighted by molar-refractivity contribution is 5.87. The van der Waals surface area contributed by atoms with Crippen LogP contribution in [0.5, 0.6) is 0 Å². The molecule has 0 spiro atoms. The van der Waals surface area contributed by atoms with Crippen molar-refractivity contribution in [3.63, 3.8) is 0 Å². The lowest BCUT2D eigenvalue weighted by Gasteiger charge is -2.26. The molecule has 5 nitrogen and oxygen atoms in total. The molecule has 2 aromatic rings. The van der Waals surface area contributed by atoms with Gasteiger partial charge in [-0.2, -0.15) is 0 Å². The average Bonchev–Trinajstić information content (AvgIpc) is 2.92. The summed E-state index contributed by atoms with van der Waals surface area (Å²) in [5.41, 5.74) is 2.83. The van der Waals surface area contributed by atoms with Crippen LogP contribution in [0.1, 0.15) is 41.0 Å². The van der Waals surface area contributed by atoms with Gasteiger partial charge in [0.1, 0.15) is 0 Å². The SMILES string of the molecule is CCOC(=O)c1cn2c(n1)NCCC2c1ccc(C)cc1. The van der Waals surface area contributed by atoms with E-state index < -0.39 is 0 Å². The summed E-state index contributed by atoms with van der Waals surface area (Å²) in [5, 5.41) is 3.24. The maximum Gasteiger partial charge on any atom is 0.358 e. The number of hydrogen-bond acceptors (Lipinski definition) is 4. The van der Waals surface area contributed by atoms with Gasteiger partial charge in [-0.25, -0.2) is 9.78 Å². The van der Waals surface area contributed by atoms with Crippen molar-refractivity contribution in [3.8, 4) is 0 Å². The number of rotatable bonds is 3. The molecule has 5 heteroatoms. The number of carbonyl (C=O) groups excluding carboxylic acids is 1. The first-order chi connectivity index (χ1) is 10.2. The van der Waals surface area contributed by atoms with E-state index in [1.165, 1.54) is 11.1 Å². The summed E-state index contributed by atoms with van der Waals surface area (Å²) in [6.45, 7) is 5.07. The number of ether oxygens (including phenoxy) is 1. The molecule has 3 rings (SSSR count). The number of carbonyl (C=O) groups is 1. The molecule has 1 atom stereocenters. The minimum atomic E-state index is -0.371. The van der Waals surface area contributed by atoms with Crippen molar-refractivity contribution < 1.29 is 9.53 Å². The molecule has 1 unspecified atom stereocenters. The third kappa shape index (κ3) is 2.63. The maximum atomic E-state index is 11.8. The van der Waals surface area contributed by atoms with Crippen molar-refractivity contribution in [1.82, 2.24) is 9.55 Å². The standard InChI is InChI=1S/C16H19N3O2/c1-3-21-15(20)13-10-19-14(8-9-17-16(19)18-13)12-6-4-11(2)5-7-12/h4-7,10,14H,3,8-9H2,1-2H3,(H,17,18). The van der Waals surface area contributed by atoms with E-state index in [0.717, 1.165) is 18.9 Å². The minimum absolute atomic E-state index is 0.206. The summed E-state index contributed by atoms with van der Waals surface area (Å²) in [6.07, 6.45) is 2.75. The topological polar surface area (TPSA) is 56.2 Å². The van der Waals surface area contributed by atoms with Gasteiger partial charge in [0, 0.05) is 12.7 Å². The molecule has 1 aromatic heterocycles. The van der Waals surface area contributed by atoms with Crippen LogP contribution in [0.4, 0.5) is 5.95 Å². The van der Waals surface area contributed by atoms with Gasteiger partial charge in [-0.3, -0.25) is 0 Å².